The number of carbonyl (C=O) groups is 1. The van der Waals surface area contributed by atoms with Gasteiger partial charge in [-0.15, -0.1) is 0 Å². The first-order chi connectivity index (χ1) is 14.5. The van der Waals surface area contributed by atoms with E-state index in [-0.39, 0.29) is 5.91 Å². The average Bonchev–Trinajstić information content (AvgIpc) is 2.69. The summed E-state index contributed by atoms with van der Waals surface area (Å²) in [5, 5.41) is 0. The van der Waals surface area contributed by atoms with Gasteiger partial charge in [0.15, 0.2) is 0 Å². The van der Waals surface area contributed by atoms with Crippen molar-refractivity contribution in [3.63, 3.8) is 0 Å². The fraction of sp³-hybridized carbons (Fsp3) is 0.538. The van der Waals surface area contributed by atoms with E-state index in [1.54, 1.807) is 6.92 Å². The number of hydrogen-bond donors (Lipinski definition) is 0. The molecular formula is C26H37N3O. The Labute approximate surface area is 182 Å². The van der Waals surface area contributed by atoms with Gasteiger partial charge >= 0.3 is 0 Å². The lowest BCUT2D eigenvalue weighted by atomic mass is 9.98. The molecule has 0 aliphatic carbocycles. The van der Waals surface area contributed by atoms with Crippen LogP contribution < -0.4 is 4.90 Å². The number of rotatable bonds is 3. The lowest BCUT2D eigenvalue weighted by molar-refractivity contribution is -0.116. The van der Waals surface area contributed by atoms with Crippen molar-refractivity contribution < 1.29 is 4.79 Å². The second-order valence-corrected chi connectivity index (χ2v) is 9.10. The molecule has 1 aromatic carbocycles. The Balaban J connectivity index is 2.05. The molecule has 4 nitrogen and oxygen atoms in total. The maximum absolute atomic E-state index is 12.5. The highest BCUT2D eigenvalue weighted by Crippen LogP contribution is 2.31. The van der Waals surface area contributed by atoms with Crippen LogP contribution in [0.15, 0.2) is 36.7 Å². The van der Waals surface area contributed by atoms with E-state index in [0.717, 1.165) is 43.9 Å². The van der Waals surface area contributed by atoms with Crippen LogP contribution in [-0.2, 0) is 11.3 Å². The van der Waals surface area contributed by atoms with Crippen molar-refractivity contribution >= 4 is 11.6 Å². The Morgan fingerprint density at radius 3 is 2.50 bits per heavy atom. The minimum Gasteiger partial charge on any atom is -0.312 e. The molecule has 1 aliphatic heterocycles. The highest BCUT2D eigenvalue weighted by Gasteiger charge is 2.19. The Hall–Kier alpha value is -2.20. The normalized spacial score (nSPS) is 16.6. The van der Waals surface area contributed by atoms with Gasteiger partial charge in [0.1, 0.15) is 0 Å². The number of benzene rings is 1. The smallest absolute Gasteiger partial charge is 0.223 e. The van der Waals surface area contributed by atoms with E-state index >= 15 is 0 Å². The fourth-order valence-electron chi connectivity index (χ4n) is 4.48. The molecule has 30 heavy (non-hydrogen) atoms. The van der Waals surface area contributed by atoms with Crippen LogP contribution >= 0.6 is 0 Å². The highest BCUT2D eigenvalue weighted by molar-refractivity contribution is 5.92. The number of fused-ring (bicyclic) bond motifs is 1. The van der Waals surface area contributed by atoms with E-state index in [1.165, 1.54) is 42.4 Å². The van der Waals surface area contributed by atoms with Crippen molar-refractivity contribution in [1.82, 2.24) is 9.88 Å². The van der Waals surface area contributed by atoms with Crippen molar-refractivity contribution in [2.24, 2.45) is 5.92 Å². The summed E-state index contributed by atoms with van der Waals surface area (Å²) in [6.07, 6.45) is 9.83. The van der Waals surface area contributed by atoms with Gasteiger partial charge in [0.2, 0.25) is 5.91 Å². The zero-order valence-electron chi connectivity index (χ0n) is 19.2. The molecule has 3 rings (SSSR count). The van der Waals surface area contributed by atoms with Crippen molar-refractivity contribution in [1.29, 1.82) is 0 Å². The van der Waals surface area contributed by atoms with Gasteiger partial charge in [0.05, 0.1) is 0 Å². The minimum absolute atomic E-state index is 0.133. The number of pyridine rings is 1. The molecule has 0 saturated carbocycles. The fourth-order valence-corrected chi connectivity index (χ4v) is 4.48. The van der Waals surface area contributed by atoms with Gasteiger partial charge in [-0.3, -0.25) is 14.7 Å². The molecule has 0 spiro atoms. The predicted molar refractivity (Wildman–Crippen MR) is 126 cm³/mol. The van der Waals surface area contributed by atoms with Crippen LogP contribution in [0.25, 0.3) is 11.1 Å². The second-order valence-electron chi connectivity index (χ2n) is 9.10. The topological polar surface area (TPSA) is 36.4 Å². The Morgan fingerprint density at radius 2 is 1.80 bits per heavy atom. The van der Waals surface area contributed by atoms with E-state index in [4.69, 9.17) is 0 Å². The number of carbonyl (C=O) groups excluding carboxylic acids is 1. The first-order valence-corrected chi connectivity index (χ1v) is 11.5. The van der Waals surface area contributed by atoms with Crippen LogP contribution in [0.4, 0.5) is 5.69 Å². The van der Waals surface area contributed by atoms with E-state index in [9.17, 15) is 4.79 Å². The zero-order valence-corrected chi connectivity index (χ0v) is 19.2. The summed E-state index contributed by atoms with van der Waals surface area (Å²) in [5.74, 6) is 0.753. The first kappa shape index (κ1) is 22.5. The average molecular weight is 408 g/mol. The number of nitrogens with zero attached hydrogens (tertiary/aromatic N) is 3. The minimum atomic E-state index is 0.133. The second kappa shape index (κ2) is 10.7. The van der Waals surface area contributed by atoms with Gasteiger partial charge in [-0.25, -0.2) is 0 Å². The van der Waals surface area contributed by atoms with Crippen molar-refractivity contribution in [2.45, 2.75) is 66.3 Å². The summed E-state index contributed by atoms with van der Waals surface area (Å²) in [5.41, 5.74) is 5.88. The van der Waals surface area contributed by atoms with Gasteiger partial charge < -0.3 is 4.90 Å². The number of aromatic nitrogens is 1. The molecule has 0 saturated heterocycles. The largest absolute Gasteiger partial charge is 0.312 e. The van der Waals surface area contributed by atoms with E-state index < -0.39 is 0 Å². The van der Waals surface area contributed by atoms with Gasteiger partial charge in [-0.1, -0.05) is 39.2 Å². The third-order valence-corrected chi connectivity index (χ3v) is 5.97. The summed E-state index contributed by atoms with van der Waals surface area (Å²) in [4.78, 5) is 21.5. The van der Waals surface area contributed by atoms with E-state index in [2.05, 4.69) is 54.9 Å². The first-order valence-electron chi connectivity index (χ1n) is 11.5. The maximum atomic E-state index is 12.5. The van der Waals surface area contributed by atoms with Gasteiger partial charge in [0.25, 0.3) is 0 Å². The molecule has 0 bridgehead atoms. The summed E-state index contributed by atoms with van der Waals surface area (Å²) in [6, 6.07) is 8.64. The van der Waals surface area contributed by atoms with Crippen LogP contribution in [-0.4, -0.2) is 35.4 Å². The predicted octanol–water partition coefficient (Wildman–Crippen LogP) is 5.83. The molecule has 0 unspecified atom stereocenters. The third kappa shape index (κ3) is 5.91. The number of hydrogen-bond acceptors (Lipinski definition) is 3. The molecule has 4 heteroatoms. The summed E-state index contributed by atoms with van der Waals surface area (Å²) in [6.45, 7) is 12.3. The molecule has 0 N–H and O–H groups in total. The summed E-state index contributed by atoms with van der Waals surface area (Å²) in [7, 11) is 0. The molecule has 0 radical (unpaired) electrons. The Bertz CT molecular complexity index is 846. The van der Waals surface area contributed by atoms with Gasteiger partial charge in [0, 0.05) is 50.2 Å². The number of anilines is 1. The maximum Gasteiger partial charge on any atom is 0.223 e. The summed E-state index contributed by atoms with van der Waals surface area (Å²) < 4.78 is 0. The van der Waals surface area contributed by atoms with Crippen LogP contribution in [0.5, 0.6) is 0 Å². The molecule has 0 atom stereocenters. The van der Waals surface area contributed by atoms with Crippen LogP contribution in [0.1, 0.15) is 64.0 Å². The number of aryl methyl sites for hydroxylation is 1. The number of amides is 1. The summed E-state index contributed by atoms with van der Waals surface area (Å²) >= 11 is 0. The molecule has 1 aromatic heterocycles. The van der Waals surface area contributed by atoms with Crippen LogP contribution in [0.2, 0.25) is 0 Å². The lowest BCUT2D eigenvalue weighted by Crippen LogP contribution is -2.33. The standard InChI is InChI=1S/C26H37N3O/c1-20(2)18-28-14-8-6-5-7-9-15-29(22(4)30)26-11-10-23(16-24(26)19-28)25-17-27-13-12-21(25)3/h10-13,16-17,20H,5-9,14-15,18-19H2,1-4H3. The lowest BCUT2D eigenvalue weighted by Gasteiger charge is -2.30. The molecule has 1 aliphatic rings. The van der Waals surface area contributed by atoms with Crippen LogP contribution in [0.3, 0.4) is 0 Å². The van der Waals surface area contributed by atoms with Crippen molar-refractivity contribution in [3.05, 3.63) is 47.8 Å². The van der Waals surface area contributed by atoms with Crippen LogP contribution in [0, 0.1) is 12.8 Å². The van der Waals surface area contributed by atoms with Gasteiger partial charge in [-0.2, -0.15) is 0 Å². The molecule has 1 amide bonds. The molecule has 0 fully saturated rings. The Kier molecular flexibility index (Phi) is 8.03. The quantitative estimate of drug-likeness (QED) is 0.642. The van der Waals surface area contributed by atoms with Crippen molar-refractivity contribution in [3.8, 4) is 11.1 Å². The van der Waals surface area contributed by atoms with E-state index in [0.29, 0.717) is 5.92 Å². The molecular weight excluding hydrogens is 370 g/mol. The molecule has 162 valence electrons. The highest BCUT2D eigenvalue weighted by atomic mass is 16.2. The SMILES string of the molecule is CC(=O)N1CCCCCCCN(CC(C)C)Cc2cc(-c3cnccc3C)ccc21. The molecule has 2 heterocycles. The zero-order chi connectivity index (χ0) is 21.5. The van der Waals surface area contributed by atoms with E-state index in [1.807, 2.05) is 17.3 Å². The molecule has 2 aromatic rings. The Morgan fingerprint density at radius 1 is 1.07 bits per heavy atom. The third-order valence-electron chi connectivity index (χ3n) is 5.97. The van der Waals surface area contributed by atoms with Gasteiger partial charge in [-0.05, 0) is 67.1 Å². The van der Waals surface area contributed by atoms with Crippen molar-refractivity contribution in [2.75, 3.05) is 24.5 Å². The monoisotopic (exact) mass is 407 g/mol.